The zero-order valence-corrected chi connectivity index (χ0v) is 16.8. The molecule has 1 aliphatic rings. The molecule has 0 saturated carbocycles. The van der Waals surface area contributed by atoms with Crippen LogP contribution >= 0.6 is 23.2 Å². The molecule has 29 heavy (non-hydrogen) atoms. The van der Waals surface area contributed by atoms with Crippen molar-refractivity contribution in [3.05, 3.63) is 64.3 Å². The van der Waals surface area contributed by atoms with Gasteiger partial charge in [-0.1, -0.05) is 35.3 Å². The van der Waals surface area contributed by atoms with E-state index in [4.69, 9.17) is 33.1 Å². The predicted molar refractivity (Wildman–Crippen MR) is 111 cm³/mol. The molecule has 1 fully saturated rings. The third-order valence-electron chi connectivity index (χ3n) is 4.70. The number of nitrogens with one attached hydrogen (secondary N) is 1. The second kappa shape index (κ2) is 8.42. The second-order valence-electron chi connectivity index (χ2n) is 6.51. The maximum Gasteiger partial charge on any atom is 0.295 e. The van der Waals surface area contributed by atoms with Crippen LogP contribution in [0, 0.1) is 0 Å². The molecule has 0 spiro atoms. The largest absolute Gasteiger partial charge is 0.378 e. The summed E-state index contributed by atoms with van der Waals surface area (Å²) in [5.41, 5.74) is 4.81. The van der Waals surface area contributed by atoms with E-state index < -0.39 is 5.91 Å². The molecule has 1 amide bonds. The van der Waals surface area contributed by atoms with Crippen LogP contribution < -0.4 is 10.4 Å². The number of anilines is 1. The number of hydrogen-bond acceptors (Lipinski definition) is 5. The molecule has 4 rings (SSSR count). The summed E-state index contributed by atoms with van der Waals surface area (Å²) < 4.78 is 7.00. The smallest absolute Gasteiger partial charge is 0.295 e. The van der Waals surface area contributed by atoms with Crippen LogP contribution in [-0.4, -0.2) is 47.2 Å². The Morgan fingerprint density at radius 2 is 1.90 bits per heavy atom. The van der Waals surface area contributed by atoms with E-state index in [1.54, 1.807) is 34.4 Å². The van der Waals surface area contributed by atoms with Crippen LogP contribution in [0.4, 0.5) is 5.69 Å². The lowest BCUT2D eigenvalue weighted by Crippen LogP contribution is -2.36. The maximum atomic E-state index is 12.0. The van der Waals surface area contributed by atoms with Gasteiger partial charge in [0.15, 0.2) is 5.69 Å². The average molecular weight is 433 g/mol. The zero-order chi connectivity index (χ0) is 20.4. The van der Waals surface area contributed by atoms with Crippen molar-refractivity contribution in [3.8, 4) is 16.9 Å². The summed E-state index contributed by atoms with van der Waals surface area (Å²) in [6.07, 6.45) is 0. The Bertz CT molecular complexity index is 1050. The fourth-order valence-corrected chi connectivity index (χ4v) is 3.76. The molecule has 1 aromatic heterocycles. The van der Waals surface area contributed by atoms with Crippen molar-refractivity contribution in [3.63, 3.8) is 0 Å². The lowest BCUT2D eigenvalue weighted by Gasteiger charge is -2.29. The Morgan fingerprint density at radius 1 is 1.10 bits per heavy atom. The number of carbonyl (C=O) groups is 1. The Hall–Kier alpha value is -2.58. The number of ether oxygens (including phenoxy) is 1. The first-order valence-corrected chi connectivity index (χ1v) is 9.75. The number of amides is 1. The van der Waals surface area contributed by atoms with E-state index in [0.717, 1.165) is 24.3 Å². The number of rotatable bonds is 4. The fourth-order valence-electron chi connectivity index (χ4n) is 3.28. The van der Waals surface area contributed by atoms with E-state index >= 15 is 0 Å². The monoisotopic (exact) mass is 432 g/mol. The van der Waals surface area contributed by atoms with Gasteiger partial charge in [0.2, 0.25) is 0 Å². The van der Waals surface area contributed by atoms with Gasteiger partial charge >= 0.3 is 0 Å². The molecule has 0 atom stereocenters. The van der Waals surface area contributed by atoms with E-state index in [1.165, 1.54) is 0 Å². The topological polar surface area (TPSA) is 79.6 Å². The molecular formula is C20H18Cl2N4O3. The Morgan fingerprint density at radius 3 is 2.62 bits per heavy atom. The minimum absolute atomic E-state index is 0.0605. The molecule has 1 saturated heterocycles. The summed E-state index contributed by atoms with van der Waals surface area (Å²) in [4.78, 5) is 14.2. The van der Waals surface area contributed by atoms with Crippen LogP contribution in [-0.2, 0) is 4.74 Å². The van der Waals surface area contributed by atoms with Crippen molar-refractivity contribution < 1.29 is 14.7 Å². The van der Waals surface area contributed by atoms with Crippen molar-refractivity contribution in [2.75, 3.05) is 31.2 Å². The van der Waals surface area contributed by atoms with Gasteiger partial charge in [-0.15, -0.1) is 0 Å². The first-order valence-electron chi connectivity index (χ1n) is 9.00. The van der Waals surface area contributed by atoms with Gasteiger partial charge in [0.1, 0.15) is 0 Å². The van der Waals surface area contributed by atoms with Gasteiger partial charge in [0.25, 0.3) is 5.91 Å². The highest BCUT2D eigenvalue weighted by atomic mass is 35.5. The number of halogens is 2. The van der Waals surface area contributed by atoms with Gasteiger partial charge in [-0.2, -0.15) is 5.10 Å². The molecule has 0 unspecified atom stereocenters. The van der Waals surface area contributed by atoms with Gasteiger partial charge in [0.05, 0.1) is 29.6 Å². The lowest BCUT2D eigenvalue weighted by atomic mass is 10.1. The van der Waals surface area contributed by atoms with Crippen LogP contribution in [0.15, 0.2) is 48.5 Å². The van der Waals surface area contributed by atoms with Crippen molar-refractivity contribution in [1.29, 1.82) is 0 Å². The highest BCUT2D eigenvalue weighted by Crippen LogP contribution is 2.31. The van der Waals surface area contributed by atoms with Crippen molar-refractivity contribution in [2.24, 2.45) is 0 Å². The van der Waals surface area contributed by atoms with Gasteiger partial charge in [0, 0.05) is 29.4 Å². The standard InChI is InChI=1S/C20H18Cl2N4O3/c21-14-4-5-18(16(22)11-14)26-19(12-17(23-26)20(27)24-28)13-2-1-3-15(10-13)25-6-8-29-9-7-25/h1-5,10-12,28H,6-9H2,(H,24,27). The molecule has 7 nitrogen and oxygen atoms in total. The summed E-state index contributed by atoms with van der Waals surface area (Å²) in [6, 6.07) is 14.6. The van der Waals surface area contributed by atoms with Crippen LogP contribution in [0.2, 0.25) is 10.0 Å². The Kier molecular flexibility index (Phi) is 5.73. The van der Waals surface area contributed by atoms with Crippen LogP contribution in [0.25, 0.3) is 16.9 Å². The number of benzene rings is 2. The number of aromatic nitrogens is 2. The van der Waals surface area contributed by atoms with E-state index in [9.17, 15) is 4.79 Å². The first-order chi connectivity index (χ1) is 14.1. The zero-order valence-electron chi connectivity index (χ0n) is 15.3. The summed E-state index contributed by atoms with van der Waals surface area (Å²) in [5.74, 6) is -0.709. The Balaban J connectivity index is 1.82. The highest BCUT2D eigenvalue weighted by molar-refractivity contribution is 6.35. The SMILES string of the molecule is O=C(NO)c1cc(-c2cccc(N3CCOCC3)c2)n(-c2ccc(Cl)cc2Cl)n1. The number of carbonyl (C=O) groups excluding carboxylic acids is 1. The third kappa shape index (κ3) is 4.09. The molecule has 3 aromatic rings. The molecule has 0 bridgehead atoms. The van der Waals surface area contributed by atoms with E-state index in [1.807, 2.05) is 24.3 Å². The quantitative estimate of drug-likeness (QED) is 0.484. The molecule has 9 heteroatoms. The van der Waals surface area contributed by atoms with E-state index in [0.29, 0.717) is 34.6 Å². The minimum Gasteiger partial charge on any atom is -0.378 e. The number of hydrogen-bond donors (Lipinski definition) is 2. The van der Waals surface area contributed by atoms with Crippen molar-refractivity contribution in [1.82, 2.24) is 15.3 Å². The average Bonchev–Trinajstić information content (AvgIpc) is 3.19. The van der Waals surface area contributed by atoms with E-state index in [2.05, 4.69) is 10.00 Å². The summed E-state index contributed by atoms with van der Waals surface area (Å²) >= 11 is 12.4. The maximum absolute atomic E-state index is 12.0. The second-order valence-corrected chi connectivity index (χ2v) is 7.36. The normalized spacial score (nSPS) is 14.1. The lowest BCUT2D eigenvalue weighted by molar-refractivity contribution is 0.0700. The third-order valence-corrected chi connectivity index (χ3v) is 5.24. The molecule has 0 aliphatic carbocycles. The molecule has 2 aromatic carbocycles. The number of nitrogens with zero attached hydrogens (tertiary/aromatic N) is 3. The predicted octanol–water partition coefficient (Wildman–Crippen LogP) is 3.80. The first kappa shape index (κ1) is 19.7. The van der Waals surface area contributed by atoms with Crippen molar-refractivity contribution >= 4 is 34.8 Å². The van der Waals surface area contributed by atoms with Gasteiger partial charge in [-0.25, -0.2) is 10.2 Å². The molecule has 150 valence electrons. The fraction of sp³-hybridized carbons (Fsp3) is 0.200. The summed E-state index contributed by atoms with van der Waals surface area (Å²) in [6.45, 7) is 2.99. The number of hydroxylamine groups is 1. The van der Waals surface area contributed by atoms with Crippen LogP contribution in [0.1, 0.15) is 10.5 Å². The molecule has 2 N–H and O–H groups in total. The van der Waals surface area contributed by atoms with Gasteiger partial charge in [-0.05, 0) is 36.4 Å². The highest BCUT2D eigenvalue weighted by Gasteiger charge is 2.19. The van der Waals surface area contributed by atoms with Gasteiger partial charge in [-0.3, -0.25) is 10.0 Å². The van der Waals surface area contributed by atoms with Crippen LogP contribution in [0.5, 0.6) is 0 Å². The minimum atomic E-state index is -0.709. The molecule has 1 aliphatic heterocycles. The van der Waals surface area contributed by atoms with Crippen molar-refractivity contribution in [2.45, 2.75) is 0 Å². The Labute approximate surface area is 177 Å². The molecule has 2 heterocycles. The number of morpholine rings is 1. The summed E-state index contributed by atoms with van der Waals surface area (Å²) in [7, 11) is 0. The van der Waals surface area contributed by atoms with Crippen LogP contribution in [0.3, 0.4) is 0 Å². The van der Waals surface area contributed by atoms with E-state index in [-0.39, 0.29) is 5.69 Å². The molecular weight excluding hydrogens is 415 g/mol. The summed E-state index contributed by atoms with van der Waals surface area (Å²) in [5, 5.41) is 14.3. The molecule has 0 radical (unpaired) electrons. The van der Waals surface area contributed by atoms with Gasteiger partial charge < -0.3 is 9.64 Å².